The molecule has 1 aliphatic heterocycles. The molecule has 1 saturated heterocycles. The zero-order valence-electron chi connectivity index (χ0n) is 24.4. The topological polar surface area (TPSA) is 79.3 Å². The van der Waals surface area contributed by atoms with Gasteiger partial charge in [0.1, 0.15) is 11.2 Å². The van der Waals surface area contributed by atoms with Crippen molar-refractivity contribution in [3.63, 3.8) is 0 Å². The summed E-state index contributed by atoms with van der Waals surface area (Å²) >= 11 is 0. The van der Waals surface area contributed by atoms with E-state index in [9.17, 15) is 14.7 Å². The second-order valence-corrected chi connectivity index (χ2v) is 11.0. The highest BCUT2D eigenvalue weighted by Gasteiger charge is 2.43. The van der Waals surface area contributed by atoms with E-state index >= 15 is 0 Å². The Hall–Kier alpha value is -3.68. The number of nitrogens with zero attached hydrogens (tertiary/aromatic N) is 2. The first-order valence-electron chi connectivity index (χ1n) is 14.4. The number of esters is 1. The summed E-state index contributed by atoms with van der Waals surface area (Å²) < 4.78 is 10.7. The molecular formula is C34H42N2O5. The van der Waals surface area contributed by atoms with Gasteiger partial charge < -0.3 is 24.4 Å². The smallest absolute Gasteiger partial charge is 0.302 e. The Balaban J connectivity index is 1.41. The molecular weight excluding hydrogens is 516 g/mol. The summed E-state index contributed by atoms with van der Waals surface area (Å²) in [5, 5.41) is 11.5. The van der Waals surface area contributed by atoms with Crippen molar-refractivity contribution in [1.29, 1.82) is 0 Å². The maximum atomic E-state index is 13.9. The molecule has 0 aliphatic carbocycles. The third-order valence-corrected chi connectivity index (χ3v) is 8.05. The SMILES string of the molecule is CC(=O)OCCCOc1ccc(C2(O)CCN(CCC(C(=O)N(C)C)(c3ccccc3)c3ccccc3)CC2)cc1. The van der Waals surface area contributed by atoms with Gasteiger partial charge in [-0.2, -0.15) is 0 Å². The maximum Gasteiger partial charge on any atom is 0.302 e. The number of ether oxygens (including phenoxy) is 2. The number of piperidine rings is 1. The molecule has 7 heteroatoms. The summed E-state index contributed by atoms with van der Waals surface area (Å²) in [5.74, 6) is 0.501. The molecule has 0 atom stereocenters. The summed E-state index contributed by atoms with van der Waals surface area (Å²) in [6, 6.07) is 27.8. The average molecular weight is 559 g/mol. The number of aliphatic hydroxyl groups is 1. The highest BCUT2D eigenvalue weighted by atomic mass is 16.5. The Morgan fingerprint density at radius 1 is 0.878 bits per heavy atom. The molecule has 1 amide bonds. The number of amides is 1. The lowest BCUT2D eigenvalue weighted by Crippen LogP contribution is -2.48. The van der Waals surface area contributed by atoms with Crippen LogP contribution in [0.4, 0.5) is 0 Å². The van der Waals surface area contributed by atoms with Crippen molar-refractivity contribution in [3.8, 4) is 5.75 Å². The van der Waals surface area contributed by atoms with Crippen molar-refractivity contribution in [2.24, 2.45) is 0 Å². The average Bonchev–Trinajstić information content (AvgIpc) is 2.99. The van der Waals surface area contributed by atoms with Crippen molar-refractivity contribution in [1.82, 2.24) is 9.80 Å². The molecule has 0 saturated carbocycles. The van der Waals surface area contributed by atoms with Crippen molar-refractivity contribution in [2.45, 2.75) is 43.6 Å². The van der Waals surface area contributed by atoms with Crippen LogP contribution in [0.25, 0.3) is 0 Å². The number of carbonyl (C=O) groups is 2. The fourth-order valence-corrected chi connectivity index (χ4v) is 5.72. The van der Waals surface area contributed by atoms with Gasteiger partial charge in [-0.1, -0.05) is 72.8 Å². The molecule has 0 unspecified atom stereocenters. The first-order chi connectivity index (χ1) is 19.7. The van der Waals surface area contributed by atoms with Gasteiger partial charge in [0.05, 0.1) is 18.8 Å². The Labute approximate surface area is 243 Å². The lowest BCUT2D eigenvalue weighted by Gasteiger charge is -2.41. The van der Waals surface area contributed by atoms with Gasteiger partial charge in [-0.25, -0.2) is 0 Å². The molecule has 4 rings (SSSR count). The number of likely N-dealkylation sites (tertiary alicyclic amines) is 1. The van der Waals surface area contributed by atoms with E-state index in [0.717, 1.165) is 42.1 Å². The van der Waals surface area contributed by atoms with Gasteiger partial charge in [0.2, 0.25) is 5.91 Å². The van der Waals surface area contributed by atoms with Gasteiger partial charge in [-0.15, -0.1) is 0 Å². The van der Waals surface area contributed by atoms with Crippen molar-refractivity contribution < 1.29 is 24.2 Å². The summed E-state index contributed by atoms with van der Waals surface area (Å²) in [5.41, 5.74) is 1.17. The highest BCUT2D eigenvalue weighted by Crippen LogP contribution is 2.39. The highest BCUT2D eigenvalue weighted by molar-refractivity contribution is 5.92. The molecule has 7 nitrogen and oxygen atoms in total. The molecule has 0 radical (unpaired) electrons. The fourth-order valence-electron chi connectivity index (χ4n) is 5.72. The molecule has 3 aromatic rings. The monoisotopic (exact) mass is 558 g/mol. The van der Waals surface area contributed by atoms with Crippen molar-refractivity contribution in [2.75, 3.05) is 46.9 Å². The minimum atomic E-state index is -0.903. The Bertz CT molecular complexity index is 1210. The number of rotatable bonds is 12. The standard InChI is InChI=1S/C34H42N2O5/c1-27(37)40-25-10-26-41-31-17-15-28(16-18-31)33(39)19-22-36(23-20-33)24-21-34(32(38)35(2)3,29-11-6-4-7-12-29)30-13-8-5-9-14-30/h4-9,11-18,39H,10,19-26H2,1-3H3. The van der Waals surface area contributed by atoms with Gasteiger partial charge in [-0.05, 0) is 54.6 Å². The number of benzene rings is 3. The predicted molar refractivity (Wildman–Crippen MR) is 160 cm³/mol. The van der Waals surface area contributed by atoms with E-state index in [0.29, 0.717) is 38.9 Å². The molecule has 0 aromatic heterocycles. The van der Waals surface area contributed by atoms with E-state index in [-0.39, 0.29) is 11.9 Å². The van der Waals surface area contributed by atoms with E-state index in [1.807, 2.05) is 74.8 Å². The van der Waals surface area contributed by atoms with Crippen LogP contribution in [0.3, 0.4) is 0 Å². The quantitative estimate of drug-likeness (QED) is 0.255. The van der Waals surface area contributed by atoms with Gasteiger partial charge in [0.25, 0.3) is 0 Å². The van der Waals surface area contributed by atoms with Gasteiger partial charge >= 0.3 is 5.97 Å². The van der Waals surface area contributed by atoms with Gasteiger partial charge in [0, 0.05) is 40.5 Å². The van der Waals surface area contributed by atoms with E-state index in [1.165, 1.54) is 6.92 Å². The van der Waals surface area contributed by atoms with Crippen LogP contribution < -0.4 is 4.74 Å². The number of hydrogen-bond acceptors (Lipinski definition) is 6. The molecule has 41 heavy (non-hydrogen) atoms. The zero-order valence-corrected chi connectivity index (χ0v) is 24.4. The lowest BCUT2D eigenvalue weighted by molar-refractivity contribution is -0.141. The number of likely N-dealkylation sites (N-methyl/N-ethyl adjacent to an activating group) is 1. The van der Waals surface area contributed by atoms with Crippen molar-refractivity contribution >= 4 is 11.9 Å². The van der Waals surface area contributed by atoms with Gasteiger partial charge in [-0.3, -0.25) is 9.59 Å². The van der Waals surface area contributed by atoms with Crippen LogP contribution in [0.2, 0.25) is 0 Å². The zero-order chi connectivity index (χ0) is 29.3. The summed E-state index contributed by atoms with van der Waals surface area (Å²) in [4.78, 5) is 28.8. The minimum Gasteiger partial charge on any atom is -0.493 e. The number of hydrogen-bond donors (Lipinski definition) is 1. The Kier molecular flexibility index (Phi) is 10.2. The molecule has 0 bridgehead atoms. The third kappa shape index (κ3) is 7.34. The molecule has 0 spiro atoms. The molecule has 218 valence electrons. The van der Waals surface area contributed by atoms with Crippen LogP contribution >= 0.6 is 0 Å². The van der Waals surface area contributed by atoms with Crippen LogP contribution in [-0.2, 0) is 25.3 Å². The van der Waals surface area contributed by atoms with E-state index in [1.54, 1.807) is 4.90 Å². The second kappa shape index (κ2) is 13.8. The molecule has 3 aromatic carbocycles. The Morgan fingerprint density at radius 3 is 1.95 bits per heavy atom. The van der Waals surface area contributed by atoms with Crippen LogP contribution in [0.1, 0.15) is 49.3 Å². The largest absolute Gasteiger partial charge is 0.493 e. The Morgan fingerprint density at radius 2 is 1.44 bits per heavy atom. The second-order valence-electron chi connectivity index (χ2n) is 11.0. The van der Waals surface area contributed by atoms with E-state index in [2.05, 4.69) is 29.2 Å². The lowest BCUT2D eigenvalue weighted by atomic mass is 9.70. The minimum absolute atomic E-state index is 0.0668. The predicted octanol–water partition coefficient (Wildman–Crippen LogP) is 4.77. The summed E-state index contributed by atoms with van der Waals surface area (Å²) in [6.45, 7) is 4.39. The van der Waals surface area contributed by atoms with E-state index < -0.39 is 11.0 Å². The maximum absolute atomic E-state index is 13.9. The van der Waals surface area contributed by atoms with Crippen LogP contribution in [0.15, 0.2) is 84.9 Å². The normalized spacial score (nSPS) is 15.2. The van der Waals surface area contributed by atoms with Crippen molar-refractivity contribution in [3.05, 3.63) is 102 Å². The summed E-state index contributed by atoms with van der Waals surface area (Å²) in [6.07, 6.45) is 2.48. The number of carbonyl (C=O) groups excluding carboxylic acids is 2. The van der Waals surface area contributed by atoms with E-state index in [4.69, 9.17) is 9.47 Å². The fraction of sp³-hybridized carbons (Fsp3) is 0.412. The molecule has 1 fully saturated rings. The van der Waals surface area contributed by atoms with Crippen LogP contribution in [0.5, 0.6) is 5.75 Å². The molecule has 1 heterocycles. The molecule has 1 aliphatic rings. The molecule has 1 N–H and O–H groups in total. The van der Waals surface area contributed by atoms with Gasteiger partial charge in [0.15, 0.2) is 0 Å². The first-order valence-corrected chi connectivity index (χ1v) is 14.4. The first kappa shape index (κ1) is 30.3. The van der Waals surface area contributed by atoms with Crippen LogP contribution in [-0.4, -0.2) is 73.7 Å². The summed E-state index contributed by atoms with van der Waals surface area (Å²) in [7, 11) is 3.65. The van der Waals surface area contributed by atoms with Crippen LogP contribution in [0, 0.1) is 0 Å². The third-order valence-electron chi connectivity index (χ3n) is 8.05.